The zero-order chi connectivity index (χ0) is 30.3. The van der Waals surface area contributed by atoms with Gasteiger partial charge < -0.3 is 24.1 Å². The molecule has 1 saturated heterocycles. The second-order valence-electron chi connectivity index (χ2n) is 11.3. The lowest BCUT2D eigenvalue weighted by Gasteiger charge is -2.25. The minimum absolute atomic E-state index is 0.0847. The summed E-state index contributed by atoms with van der Waals surface area (Å²) in [4.78, 5) is 28.5. The Balaban J connectivity index is 1.17. The highest BCUT2D eigenvalue weighted by atomic mass is 16.5. The number of rotatable bonds is 12. The largest absolute Gasteiger partial charge is 0.497 e. The molecule has 1 atom stereocenters. The van der Waals surface area contributed by atoms with Crippen LogP contribution in [0.3, 0.4) is 0 Å². The van der Waals surface area contributed by atoms with Gasteiger partial charge in [-0.2, -0.15) is 0 Å². The van der Waals surface area contributed by atoms with E-state index in [4.69, 9.17) is 13.9 Å². The van der Waals surface area contributed by atoms with E-state index >= 15 is 0 Å². The van der Waals surface area contributed by atoms with Crippen LogP contribution in [0.4, 0.5) is 0 Å². The molecule has 1 N–H and O–H groups in total. The van der Waals surface area contributed by atoms with E-state index < -0.39 is 5.76 Å². The van der Waals surface area contributed by atoms with Gasteiger partial charge in [-0.1, -0.05) is 60.7 Å². The molecule has 226 valence electrons. The van der Waals surface area contributed by atoms with Crippen LogP contribution in [-0.2, 0) is 24.4 Å². The predicted octanol–water partition coefficient (Wildman–Crippen LogP) is 5.73. The molecule has 0 bridgehead atoms. The summed E-state index contributed by atoms with van der Waals surface area (Å²) >= 11 is 0. The van der Waals surface area contributed by atoms with Gasteiger partial charge in [-0.15, -0.1) is 0 Å². The fourth-order valence-electron chi connectivity index (χ4n) is 5.73. The number of benzene rings is 4. The molecule has 0 spiro atoms. The quantitative estimate of drug-likeness (QED) is 0.200. The number of hydrogen-bond acceptors (Lipinski definition) is 6. The van der Waals surface area contributed by atoms with Crippen LogP contribution >= 0.6 is 0 Å². The van der Waals surface area contributed by atoms with Crippen LogP contribution in [-0.4, -0.2) is 42.1 Å². The number of carbonyl (C=O) groups excluding carboxylic acids is 1. The van der Waals surface area contributed by atoms with Gasteiger partial charge in [-0.3, -0.25) is 9.36 Å². The molecule has 0 saturated carbocycles. The maximum absolute atomic E-state index is 13.5. The molecule has 1 aliphatic rings. The van der Waals surface area contributed by atoms with Crippen LogP contribution in [0, 0.1) is 0 Å². The third kappa shape index (κ3) is 7.21. The number of aromatic nitrogens is 1. The molecule has 0 radical (unpaired) electrons. The number of amides is 1. The van der Waals surface area contributed by atoms with Crippen molar-refractivity contribution in [1.29, 1.82) is 0 Å². The standard InChI is InChI=1S/C36H37N3O5/c1-42-30-15-12-27(13-16-30)25-43-31-11-7-10-29(22-31)32(24-38-18-5-6-19-38)37-35(40)21-28-14-17-34-33(20-28)39(36(41)44-34)23-26-8-3-2-4-9-26/h2-4,7-17,20,22,32H,5-6,18-19,21,23-25H2,1H3,(H,37,40)/t32-/m1/s1. The second-order valence-corrected chi connectivity index (χ2v) is 11.3. The smallest absolute Gasteiger partial charge is 0.420 e. The topological polar surface area (TPSA) is 85.9 Å². The highest BCUT2D eigenvalue weighted by molar-refractivity contribution is 5.81. The zero-order valence-electron chi connectivity index (χ0n) is 24.9. The molecular weight excluding hydrogens is 554 g/mol. The van der Waals surface area contributed by atoms with Crippen molar-refractivity contribution < 1.29 is 18.7 Å². The Labute approximate surface area is 256 Å². The van der Waals surface area contributed by atoms with Crippen LogP contribution in [0.2, 0.25) is 0 Å². The summed E-state index contributed by atoms with van der Waals surface area (Å²) < 4.78 is 18.5. The average Bonchev–Trinajstić information content (AvgIpc) is 3.68. The third-order valence-electron chi connectivity index (χ3n) is 8.08. The van der Waals surface area contributed by atoms with E-state index in [1.165, 1.54) is 12.8 Å². The van der Waals surface area contributed by atoms with Gasteiger partial charge >= 0.3 is 5.76 Å². The lowest BCUT2D eigenvalue weighted by Crippen LogP contribution is -2.37. The van der Waals surface area contributed by atoms with Gasteiger partial charge in [0, 0.05) is 6.54 Å². The van der Waals surface area contributed by atoms with Crippen molar-refractivity contribution in [3.8, 4) is 11.5 Å². The van der Waals surface area contributed by atoms with E-state index in [-0.39, 0.29) is 18.4 Å². The molecule has 8 nitrogen and oxygen atoms in total. The molecule has 0 unspecified atom stereocenters. The molecule has 1 amide bonds. The number of hydrogen-bond donors (Lipinski definition) is 1. The fourth-order valence-corrected chi connectivity index (χ4v) is 5.73. The van der Waals surface area contributed by atoms with E-state index in [0.717, 1.165) is 53.4 Å². The van der Waals surface area contributed by atoms with Gasteiger partial charge in [0.15, 0.2) is 5.58 Å². The number of methoxy groups -OCH3 is 1. The van der Waals surface area contributed by atoms with Gasteiger partial charge in [-0.05, 0) is 84.6 Å². The average molecular weight is 592 g/mol. The number of nitrogens with one attached hydrogen (secondary N) is 1. The monoisotopic (exact) mass is 591 g/mol. The van der Waals surface area contributed by atoms with Crippen LogP contribution in [0.1, 0.15) is 41.1 Å². The summed E-state index contributed by atoms with van der Waals surface area (Å²) in [6.45, 7) is 3.61. The first-order valence-electron chi connectivity index (χ1n) is 15.1. The van der Waals surface area contributed by atoms with E-state index in [1.54, 1.807) is 17.7 Å². The third-order valence-corrected chi connectivity index (χ3v) is 8.08. The highest BCUT2D eigenvalue weighted by Crippen LogP contribution is 2.24. The highest BCUT2D eigenvalue weighted by Gasteiger charge is 2.22. The molecule has 8 heteroatoms. The van der Waals surface area contributed by atoms with Crippen molar-refractivity contribution >= 4 is 17.0 Å². The van der Waals surface area contributed by atoms with E-state index in [1.807, 2.05) is 91.0 Å². The first-order valence-corrected chi connectivity index (χ1v) is 15.1. The lowest BCUT2D eigenvalue weighted by molar-refractivity contribution is -0.121. The first-order chi connectivity index (χ1) is 21.5. The molecule has 1 aromatic heterocycles. The summed E-state index contributed by atoms with van der Waals surface area (Å²) in [6, 6.07) is 30.9. The molecular formula is C36H37N3O5. The minimum atomic E-state index is -0.412. The summed E-state index contributed by atoms with van der Waals surface area (Å²) in [5, 5.41) is 3.29. The summed E-state index contributed by atoms with van der Waals surface area (Å²) in [6.07, 6.45) is 2.52. The first kappa shape index (κ1) is 29.3. The summed E-state index contributed by atoms with van der Waals surface area (Å²) in [5.74, 6) is 1.06. The van der Waals surface area contributed by atoms with Crippen LogP contribution in [0.5, 0.6) is 11.5 Å². The maximum atomic E-state index is 13.5. The maximum Gasteiger partial charge on any atom is 0.420 e. The number of nitrogens with zero attached hydrogens (tertiary/aromatic N) is 2. The number of oxazole rings is 1. The Morgan fingerprint density at radius 2 is 1.64 bits per heavy atom. The molecule has 0 aliphatic carbocycles. The number of carbonyl (C=O) groups is 1. The van der Waals surface area contributed by atoms with Gasteiger partial charge in [0.2, 0.25) is 5.91 Å². The van der Waals surface area contributed by atoms with Crippen LogP contribution < -0.4 is 20.5 Å². The van der Waals surface area contributed by atoms with Crippen molar-refractivity contribution in [2.24, 2.45) is 0 Å². The lowest BCUT2D eigenvalue weighted by atomic mass is 10.0. The second kappa shape index (κ2) is 13.7. The van der Waals surface area contributed by atoms with Crippen molar-refractivity contribution in [2.45, 2.75) is 38.5 Å². The number of likely N-dealkylation sites (tertiary alicyclic amines) is 1. The van der Waals surface area contributed by atoms with Crippen molar-refractivity contribution in [2.75, 3.05) is 26.7 Å². The van der Waals surface area contributed by atoms with Crippen LogP contribution in [0.25, 0.3) is 11.1 Å². The molecule has 2 heterocycles. The SMILES string of the molecule is COc1ccc(COc2cccc([C@@H](CN3CCCC3)NC(=O)Cc3ccc4oc(=O)n(Cc5ccccc5)c4c3)c2)cc1. The predicted molar refractivity (Wildman–Crippen MR) is 170 cm³/mol. The van der Waals surface area contributed by atoms with E-state index in [2.05, 4.69) is 10.2 Å². The molecule has 1 fully saturated rings. The van der Waals surface area contributed by atoms with Gasteiger partial charge in [0.25, 0.3) is 0 Å². The molecule has 5 aromatic rings. The van der Waals surface area contributed by atoms with E-state index in [9.17, 15) is 9.59 Å². The zero-order valence-corrected chi connectivity index (χ0v) is 24.9. The van der Waals surface area contributed by atoms with Gasteiger partial charge in [0.1, 0.15) is 18.1 Å². The summed E-state index contributed by atoms with van der Waals surface area (Å²) in [7, 11) is 1.65. The minimum Gasteiger partial charge on any atom is -0.497 e. The Hall–Kier alpha value is -4.82. The Morgan fingerprint density at radius 1 is 0.864 bits per heavy atom. The Bertz CT molecular complexity index is 1750. The molecule has 44 heavy (non-hydrogen) atoms. The Morgan fingerprint density at radius 3 is 2.41 bits per heavy atom. The number of ether oxygens (including phenoxy) is 2. The normalized spacial score (nSPS) is 14.0. The van der Waals surface area contributed by atoms with Crippen molar-refractivity contribution in [1.82, 2.24) is 14.8 Å². The van der Waals surface area contributed by atoms with Crippen molar-refractivity contribution in [3.63, 3.8) is 0 Å². The summed E-state index contributed by atoms with van der Waals surface area (Å²) in [5.41, 5.74) is 5.05. The van der Waals surface area contributed by atoms with Gasteiger partial charge in [0.05, 0.1) is 31.6 Å². The molecule has 4 aromatic carbocycles. The molecule has 1 aliphatic heterocycles. The van der Waals surface area contributed by atoms with Crippen LogP contribution in [0.15, 0.2) is 106 Å². The van der Waals surface area contributed by atoms with Crippen molar-refractivity contribution in [3.05, 3.63) is 130 Å². The number of fused-ring (bicyclic) bond motifs is 1. The fraction of sp³-hybridized carbons (Fsp3) is 0.278. The van der Waals surface area contributed by atoms with Gasteiger partial charge in [-0.25, -0.2) is 4.79 Å². The van der Waals surface area contributed by atoms with E-state index in [0.29, 0.717) is 24.3 Å². The molecule has 6 rings (SSSR count). The Kier molecular flexibility index (Phi) is 9.08.